The molecule has 0 heterocycles. The molecule has 0 saturated heterocycles. The number of methoxy groups -OCH3 is 1. The maximum Gasteiger partial charge on any atom is 1.00 e. The van der Waals surface area contributed by atoms with Crippen molar-refractivity contribution in [1.82, 2.24) is 5.32 Å². The molecule has 1 aromatic rings. The van der Waals surface area contributed by atoms with Crippen LogP contribution in [0.1, 0.15) is 18.4 Å². The van der Waals surface area contributed by atoms with Crippen LogP contribution in [-0.4, -0.2) is 19.0 Å². The first-order chi connectivity index (χ1) is 9.52. The minimum atomic E-state index is -1.14. The molecule has 2 rings (SSSR count). The third-order valence-electron chi connectivity index (χ3n) is 3.61. The molecule has 0 spiro atoms. The van der Waals surface area contributed by atoms with Gasteiger partial charge >= 0.3 is 29.6 Å². The molecule has 2 atom stereocenters. The largest absolute Gasteiger partial charge is 1.00 e. The number of halogens is 1. The summed E-state index contributed by atoms with van der Waals surface area (Å²) < 4.78 is 6.10. The molecule has 0 bridgehead atoms. The fourth-order valence-corrected chi connectivity index (χ4v) is 2.70. The summed E-state index contributed by atoms with van der Waals surface area (Å²) in [6.45, 7) is 0.303. The van der Waals surface area contributed by atoms with Gasteiger partial charge in [-0.2, -0.15) is 0 Å². The Balaban J connectivity index is 0.00000220. The summed E-state index contributed by atoms with van der Waals surface area (Å²) in [4.78, 5) is 22.7. The van der Waals surface area contributed by atoms with E-state index in [1.54, 1.807) is 13.2 Å². The summed E-state index contributed by atoms with van der Waals surface area (Å²) in [5.41, 5.74) is 0.833. The maximum atomic E-state index is 11.9. The fourth-order valence-electron chi connectivity index (χ4n) is 2.29. The van der Waals surface area contributed by atoms with Crippen molar-refractivity contribution in [2.24, 2.45) is 11.8 Å². The molecular formula is C14H15BrNNaO4. The number of aliphatic carboxylic acids is 1. The van der Waals surface area contributed by atoms with Gasteiger partial charge in [0.1, 0.15) is 5.75 Å². The van der Waals surface area contributed by atoms with Gasteiger partial charge in [0.05, 0.1) is 7.11 Å². The number of carbonyl (C=O) groups is 2. The number of benzene rings is 1. The van der Waals surface area contributed by atoms with Crippen LogP contribution in [0.25, 0.3) is 0 Å². The molecular weight excluding hydrogens is 349 g/mol. The average Bonchev–Trinajstić information content (AvgIpc) is 2.34. The molecule has 0 aliphatic heterocycles. The van der Waals surface area contributed by atoms with Crippen LogP contribution in [0.4, 0.5) is 0 Å². The van der Waals surface area contributed by atoms with Gasteiger partial charge in [0.2, 0.25) is 5.91 Å². The van der Waals surface area contributed by atoms with E-state index in [4.69, 9.17) is 4.74 Å². The van der Waals surface area contributed by atoms with Crippen molar-refractivity contribution in [2.45, 2.75) is 19.4 Å². The van der Waals surface area contributed by atoms with E-state index in [1.807, 2.05) is 12.1 Å². The van der Waals surface area contributed by atoms with Crippen molar-refractivity contribution in [1.29, 1.82) is 0 Å². The monoisotopic (exact) mass is 363 g/mol. The molecule has 7 heteroatoms. The Morgan fingerprint density at radius 1 is 1.38 bits per heavy atom. The number of carboxylic acids is 1. The zero-order valence-corrected chi connectivity index (χ0v) is 15.6. The Labute approximate surface area is 153 Å². The Bertz CT molecular complexity index is 538. The number of hydrogen-bond acceptors (Lipinski definition) is 4. The van der Waals surface area contributed by atoms with Crippen molar-refractivity contribution in [3.8, 4) is 5.75 Å². The van der Waals surface area contributed by atoms with Crippen LogP contribution in [0.15, 0.2) is 22.7 Å². The molecule has 2 unspecified atom stereocenters. The average molecular weight is 364 g/mol. The van der Waals surface area contributed by atoms with Gasteiger partial charge in [-0.25, -0.2) is 0 Å². The van der Waals surface area contributed by atoms with E-state index < -0.39 is 17.8 Å². The number of amides is 1. The smallest absolute Gasteiger partial charge is 0.550 e. The Morgan fingerprint density at radius 2 is 2.05 bits per heavy atom. The topological polar surface area (TPSA) is 78.5 Å². The van der Waals surface area contributed by atoms with Crippen molar-refractivity contribution >= 4 is 27.8 Å². The summed E-state index contributed by atoms with van der Waals surface area (Å²) in [5.74, 6) is -1.83. The number of rotatable bonds is 5. The third kappa shape index (κ3) is 4.45. The number of nitrogens with one attached hydrogen (secondary N) is 1. The van der Waals surface area contributed by atoms with E-state index in [0.29, 0.717) is 25.1 Å². The van der Waals surface area contributed by atoms with Crippen molar-refractivity contribution in [2.75, 3.05) is 7.11 Å². The fraction of sp³-hybridized carbons (Fsp3) is 0.429. The number of hydrogen-bond donors (Lipinski definition) is 1. The molecule has 1 aromatic carbocycles. The van der Waals surface area contributed by atoms with E-state index in [2.05, 4.69) is 21.2 Å². The van der Waals surface area contributed by atoms with Crippen LogP contribution >= 0.6 is 15.9 Å². The van der Waals surface area contributed by atoms with Gasteiger partial charge in [-0.15, -0.1) is 0 Å². The van der Waals surface area contributed by atoms with E-state index >= 15 is 0 Å². The quantitative estimate of drug-likeness (QED) is 0.605. The van der Waals surface area contributed by atoms with E-state index in [1.165, 1.54) is 0 Å². The summed E-state index contributed by atoms with van der Waals surface area (Å²) in [7, 11) is 1.56. The normalized spacial score (nSPS) is 19.9. The van der Waals surface area contributed by atoms with Crippen molar-refractivity contribution in [3.63, 3.8) is 0 Å². The van der Waals surface area contributed by atoms with Crippen LogP contribution in [-0.2, 0) is 16.1 Å². The number of ether oxygens (including phenoxy) is 1. The van der Waals surface area contributed by atoms with E-state index in [-0.39, 0.29) is 35.5 Å². The van der Waals surface area contributed by atoms with Gasteiger partial charge in [-0.05, 0) is 31.0 Å². The number of carboxylic acid groups (broad SMARTS) is 1. The molecule has 1 aliphatic rings. The Hall–Kier alpha value is -0.560. The van der Waals surface area contributed by atoms with Crippen molar-refractivity contribution in [3.05, 3.63) is 28.2 Å². The van der Waals surface area contributed by atoms with Gasteiger partial charge in [0, 0.05) is 34.4 Å². The second-order valence-corrected chi connectivity index (χ2v) is 5.70. The summed E-state index contributed by atoms with van der Waals surface area (Å²) in [6, 6.07) is 5.51. The summed E-state index contributed by atoms with van der Waals surface area (Å²) in [5, 5.41) is 13.6. The first kappa shape index (κ1) is 18.5. The first-order valence-corrected chi connectivity index (χ1v) is 7.13. The Morgan fingerprint density at radius 3 is 2.57 bits per heavy atom. The molecule has 5 nitrogen and oxygen atoms in total. The maximum absolute atomic E-state index is 11.9. The van der Waals surface area contributed by atoms with Crippen LogP contribution in [0.3, 0.4) is 0 Å². The molecule has 1 N–H and O–H groups in total. The van der Waals surface area contributed by atoms with Gasteiger partial charge in [0.15, 0.2) is 0 Å². The first-order valence-electron chi connectivity index (χ1n) is 6.34. The predicted molar refractivity (Wildman–Crippen MR) is 73.8 cm³/mol. The predicted octanol–water partition coefficient (Wildman–Crippen LogP) is -2.15. The minimum Gasteiger partial charge on any atom is -0.550 e. The molecule has 108 valence electrons. The number of carbonyl (C=O) groups excluding carboxylic acids is 2. The zero-order valence-electron chi connectivity index (χ0n) is 12.0. The van der Waals surface area contributed by atoms with Crippen LogP contribution < -0.4 is 44.7 Å². The van der Waals surface area contributed by atoms with Crippen LogP contribution in [0.2, 0.25) is 0 Å². The zero-order chi connectivity index (χ0) is 14.7. The van der Waals surface area contributed by atoms with E-state index in [0.717, 1.165) is 10.0 Å². The summed E-state index contributed by atoms with van der Waals surface area (Å²) >= 11 is 3.36. The second kappa shape index (κ2) is 8.17. The molecule has 1 amide bonds. The Kier molecular flexibility index (Phi) is 7.20. The molecule has 1 aliphatic carbocycles. The van der Waals surface area contributed by atoms with Gasteiger partial charge in [0.25, 0.3) is 0 Å². The summed E-state index contributed by atoms with van der Waals surface area (Å²) in [6.07, 6.45) is 1.11. The van der Waals surface area contributed by atoms with Crippen LogP contribution in [0.5, 0.6) is 5.75 Å². The molecule has 21 heavy (non-hydrogen) atoms. The van der Waals surface area contributed by atoms with Crippen LogP contribution in [0, 0.1) is 11.8 Å². The van der Waals surface area contributed by atoms with Gasteiger partial charge < -0.3 is 20.0 Å². The van der Waals surface area contributed by atoms with E-state index in [9.17, 15) is 14.7 Å². The van der Waals surface area contributed by atoms with Crippen molar-refractivity contribution < 1.29 is 49.0 Å². The standard InChI is InChI=1S/C14H16BrNO4.Na/c1-20-12-5-2-9(15)6-8(12)7-16-13(17)10-3-4-11(10)14(18)19;/h2,5-6,10-11H,3-4,7H2,1H3,(H,16,17)(H,18,19);/q;+1/p-1. The third-order valence-corrected chi connectivity index (χ3v) is 4.10. The molecule has 0 radical (unpaired) electrons. The SMILES string of the molecule is COc1ccc(Br)cc1CNC(=O)C1CCC1C(=O)[O-].[Na+]. The molecule has 1 fully saturated rings. The van der Waals surface area contributed by atoms with Gasteiger partial charge in [-0.3, -0.25) is 4.79 Å². The van der Waals surface area contributed by atoms with Gasteiger partial charge in [-0.1, -0.05) is 15.9 Å². The second-order valence-electron chi connectivity index (χ2n) is 4.78. The minimum absolute atomic E-state index is 0. The molecule has 1 saturated carbocycles. The molecule has 0 aromatic heterocycles.